The van der Waals surface area contributed by atoms with Crippen LogP contribution in [0.5, 0.6) is 0 Å². The number of amides is 2. The summed E-state index contributed by atoms with van der Waals surface area (Å²) >= 11 is 0. The van der Waals surface area contributed by atoms with E-state index < -0.39 is 29.6 Å². The van der Waals surface area contributed by atoms with Crippen molar-refractivity contribution in [2.24, 2.45) is 23.2 Å². The van der Waals surface area contributed by atoms with E-state index in [4.69, 9.17) is 9.47 Å². The Morgan fingerprint density at radius 3 is 2.36 bits per heavy atom. The molecule has 4 rings (SSSR count). The molecule has 1 aromatic carbocycles. The fourth-order valence-corrected chi connectivity index (χ4v) is 5.28. The van der Waals surface area contributed by atoms with Crippen LogP contribution in [0.3, 0.4) is 0 Å². The van der Waals surface area contributed by atoms with E-state index in [1.807, 2.05) is 51.1 Å². The zero-order valence-corrected chi connectivity index (χ0v) is 20.6. The number of esters is 1. The molecule has 3 aliphatic carbocycles. The maximum Gasteiger partial charge on any atom is 0.407 e. The molecule has 3 aliphatic rings. The quantitative estimate of drug-likeness (QED) is 0.606. The third kappa shape index (κ3) is 5.87. The average molecular weight is 459 g/mol. The molecule has 7 heteroatoms. The van der Waals surface area contributed by atoms with Crippen LogP contribution in [0, 0.1) is 23.2 Å². The summed E-state index contributed by atoms with van der Waals surface area (Å²) in [6.45, 7) is 11.8. The fraction of sp³-hybridized carbons (Fsp3) is 0.654. The van der Waals surface area contributed by atoms with Crippen LogP contribution in [-0.2, 0) is 25.5 Å². The average Bonchev–Trinajstić information content (AvgIpc) is 2.72. The van der Waals surface area contributed by atoms with Gasteiger partial charge in [0.1, 0.15) is 11.6 Å². The molecule has 2 amide bonds. The van der Waals surface area contributed by atoms with E-state index >= 15 is 0 Å². The molecule has 0 aromatic heterocycles. The van der Waals surface area contributed by atoms with Gasteiger partial charge in [0.25, 0.3) is 0 Å². The molecule has 7 nitrogen and oxygen atoms in total. The van der Waals surface area contributed by atoms with E-state index in [9.17, 15) is 14.4 Å². The van der Waals surface area contributed by atoms with E-state index in [1.165, 1.54) is 0 Å². The zero-order chi connectivity index (χ0) is 24.4. The number of carbonyl (C=O) groups is 3. The Labute approximate surface area is 197 Å². The molecule has 0 heterocycles. The normalized spacial score (nSPS) is 26.4. The van der Waals surface area contributed by atoms with Crippen LogP contribution in [0.2, 0.25) is 0 Å². The third-order valence-electron chi connectivity index (χ3n) is 7.14. The van der Waals surface area contributed by atoms with Crippen molar-refractivity contribution in [3.63, 3.8) is 0 Å². The van der Waals surface area contributed by atoms with Crippen LogP contribution in [0.1, 0.15) is 59.9 Å². The van der Waals surface area contributed by atoms with Crippen molar-refractivity contribution < 1.29 is 23.9 Å². The summed E-state index contributed by atoms with van der Waals surface area (Å²) in [5.41, 5.74) is 0.354. The van der Waals surface area contributed by atoms with E-state index in [-0.39, 0.29) is 29.9 Å². The molecule has 0 radical (unpaired) electrons. The molecular formula is C26H38N2O5. The molecule has 5 atom stereocenters. The maximum absolute atomic E-state index is 13.5. The number of nitrogens with one attached hydrogen (secondary N) is 2. The Balaban J connectivity index is 1.76. The fourth-order valence-electron chi connectivity index (χ4n) is 5.28. The van der Waals surface area contributed by atoms with Crippen LogP contribution in [0.15, 0.2) is 30.3 Å². The van der Waals surface area contributed by atoms with Gasteiger partial charge in [-0.15, -0.1) is 0 Å². The number of rotatable bonds is 7. The SMILES string of the molecule is CCOC(=O)[C@H](Cc1ccccc1)NC(=O)[C@@H]1C[C@H]2C[C@@H]([C@H]1NC(=O)OC(C)(C)C)C2(C)C. The van der Waals surface area contributed by atoms with Crippen LogP contribution in [-0.4, -0.2) is 42.3 Å². The van der Waals surface area contributed by atoms with Crippen LogP contribution in [0.25, 0.3) is 0 Å². The minimum atomic E-state index is -0.784. The Hall–Kier alpha value is -2.57. The first-order valence-electron chi connectivity index (χ1n) is 11.9. The van der Waals surface area contributed by atoms with Gasteiger partial charge in [0.05, 0.1) is 12.5 Å². The molecular weight excluding hydrogens is 420 g/mol. The van der Waals surface area contributed by atoms with Gasteiger partial charge < -0.3 is 20.1 Å². The van der Waals surface area contributed by atoms with Gasteiger partial charge >= 0.3 is 12.1 Å². The molecule has 0 aliphatic heterocycles. The highest BCUT2D eigenvalue weighted by atomic mass is 16.6. The van der Waals surface area contributed by atoms with Crippen molar-refractivity contribution in [2.75, 3.05) is 6.61 Å². The van der Waals surface area contributed by atoms with Gasteiger partial charge in [0.15, 0.2) is 0 Å². The summed E-state index contributed by atoms with van der Waals surface area (Å²) in [5.74, 6) is -0.523. The Morgan fingerprint density at radius 2 is 1.79 bits per heavy atom. The van der Waals surface area contributed by atoms with Gasteiger partial charge in [0, 0.05) is 12.5 Å². The first-order chi connectivity index (χ1) is 15.4. The second-order valence-electron chi connectivity index (χ2n) is 10.9. The van der Waals surface area contributed by atoms with E-state index in [2.05, 4.69) is 24.5 Å². The number of ether oxygens (including phenoxy) is 2. The summed E-state index contributed by atoms with van der Waals surface area (Å²) in [7, 11) is 0. The van der Waals surface area contributed by atoms with E-state index in [1.54, 1.807) is 6.92 Å². The summed E-state index contributed by atoms with van der Waals surface area (Å²) in [6.07, 6.45) is 1.47. The molecule has 1 aromatic rings. The molecule has 2 N–H and O–H groups in total. The summed E-state index contributed by atoms with van der Waals surface area (Å²) in [6, 6.07) is 8.42. The lowest BCUT2D eigenvalue weighted by Crippen LogP contribution is -2.66. The standard InChI is InChI=1S/C26H38N2O5/c1-7-32-23(30)20(13-16-11-9-8-10-12-16)27-22(29)18-14-17-15-19(26(17,5)6)21(18)28-24(31)33-25(2,3)4/h8-12,17-21H,7,13-15H2,1-6H3,(H,27,29)(H,28,31)/t17-,18+,19-,20-,21-/m0/s1. The molecule has 0 saturated heterocycles. The van der Waals surface area contributed by atoms with E-state index in [0.717, 1.165) is 12.0 Å². The maximum atomic E-state index is 13.5. The van der Waals surface area contributed by atoms with Crippen molar-refractivity contribution in [1.29, 1.82) is 0 Å². The van der Waals surface area contributed by atoms with Gasteiger partial charge in [0.2, 0.25) is 5.91 Å². The summed E-state index contributed by atoms with van der Waals surface area (Å²) < 4.78 is 10.7. The molecule has 182 valence electrons. The number of benzene rings is 1. The minimum Gasteiger partial charge on any atom is -0.464 e. The first-order valence-corrected chi connectivity index (χ1v) is 11.9. The van der Waals surface area contributed by atoms with Crippen LogP contribution >= 0.6 is 0 Å². The molecule has 2 bridgehead atoms. The minimum absolute atomic E-state index is 0.0427. The highest BCUT2D eigenvalue weighted by Gasteiger charge is 2.60. The largest absolute Gasteiger partial charge is 0.464 e. The number of fused-ring (bicyclic) bond motifs is 2. The smallest absolute Gasteiger partial charge is 0.407 e. The Kier molecular flexibility index (Phi) is 7.39. The van der Waals surface area contributed by atoms with Gasteiger partial charge in [-0.25, -0.2) is 9.59 Å². The first kappa shape index (κ1) is 25.1. The summed E-state index contributed by atoms with van der Waals surface area (Å²) in [5, 5.41) is 5.92. The molecule has 0 unspecified atom stereocenters. The van der Waals surface area contributed by atoms with Gasteiger partial charge in [-0.1, -0.05) is 44.2 Å². The van der Waals surface area contributed by atoms with Crippen molar-refractivity contribution in [1.82, 2.24) is 10.6 Å². The second-order valence-corrected chi connectivity index (χ2v) is 10.9. The lowest BCUT2D eigenvalue weighted by atomic mass is 9.45. The lowest BCUT2D eigenvalue weighted by Gasteiger charge is -2.62. The number of alkyl carbamates (subject to hydrolysis) is 1. The van der Waals surface area contributed by atoms with Gasteiger partial charge in [-0.05, 0) is 63.4 Å². The third-order valence-corrected chi connectivity index (χ3v) is 7.14. The van der Waals surface area contributed by atoms with E-state index in [0.29, 0.717) is 18.8 Å². The molecule has 33 heavy (non-hydrogen) atoms. The molecule has 3 saturated carbocycles. The number of hydrogen-bond acceptors (Lipinski definition) is 5. The van der Waals surface area contributed by atoms with Crippen molar-refractivity contribution in [3.05, 3.63) is 35.9 Å². The van der Waals surface area contributed by atoms with Crippen molar-refractivity contribution in [3.8, 4) is 0 Å². The zero-order valence-electron chi connectivity index (χ0n) is 20.6. The Morgan fingerprint density at radius 1 is 1.12 bits per heavy atom. The van der Waals surface area contributed by atoms with Crippen molar-refractivity contribution in [2.45, 2.75) is 78.5 Å². The molecule has 3 fully saturated rings. The van der Waals surface area contributed by atoms with Gasteiger partial charge in [-0.3, -0.25) is 4.79 Å². The van der Waals surface area contributed by atoms with Gasteiger partial charge in [-0.2, -0.15) is 0 Å². The predicted octanol–water partition coefficient (Wildman–Crippen LogP) is 3.85. The number of carbonyl (C=O) groups excluding carboxylic acids is 3. The lowest BCUT2D eigenvalue weighted by molar-refractivity contribution is -0.153. The second kappa shape index (κ2) is 9.74. The topological polar surface area (TPSA) is 93.7 Å². The monoisotopic (exact) mass is 458 g/mol. The molecule has 0 spiro atoms. The van der Waals surface area contributed by atoms with Crippen LogP contribution < -0.4 is 10.6 Å². The highest BCUT2D eigenvalue weighted by molar-refractivity contribution is 5.87. The predicted molar refractivity (Wildman–Crippen MR) is 125 cm³/mol. The summed E-state index contributed by atoms with van der Waals surface area (Å²) in [4.78, 5) is 38.7. The highest BCUT2D eigenvalue weighted by Crippen LogP contribution is 2.60. The number of hydrogen-bond donors (Lipinski definition) is 2. The van der Waals surface area contributed by atoms with Crippen molar-refractivity contribution >= 4 is 18.0 Å². The van der Waals surface area contributed by atoms with Crippen LogP contribution in [0.4, 0.5) is 4.79 Å². The Bertz CT molecular complexity index is 861.